The zero-order valence-corrected chi connectivity index (χ0v) is 20.9. The molecule has 4 nitrogen and oxygen atoms in total. The van der Waals surface area contributed by atoms with Gasteiger partial charge in [-0.25, -0.2) is 8.42 Å². The van der Waals surface area contributed by atoms with Crippen molar-refractivity contribution < 1.29 is 17.5 Å². The second kappa shape index (κ2) is 17.7. The lowest BCUT2D eigenvalue weighted by Gasteiger charge is -2.23. The monoisotopic (exact) mass is 441 g/mol. The van der Waals surface area contributed by atoms with Crippen LogP contribution >= 0.6 is 0 Å². The van der Waals surface area contributed by atoms with Crippen LogP contribution in [0.1, 0.15) is 96.8 Å². The normalized spacial score (nSPS) is 11.8. The van der Waals surface area contributed by atoms with Crippen molar-refractivity contribution in [2.75, 3.05) is 27.7 Å². The number of unbranched alkanes of at least 4 members (excludes halogenated alkanes) is 13. The molecule has 176 valence electrons. The Balaban J connectivity index is 0.000000696. The summed E-state index contributed by atoms with van der Waals surface area (Å²) in [6, 6.07) is 7.19. The summed E-state index contributed by atoms with van der Waals surface area (Å²) in [5, 5.41) is 0. The number of hydrogen-bond donors (Lipinski definition) is 0. The van der Waals surface area contributed by atoms with Gasteiger partial charge in [0.25, 0.3) is 0 Å². The summed E-state index contributed by atoms with van der Waals surface area (Å²) in [6.45, 7) is 3.63. The Morgan fingerprint density at radius 1 is 0.667 bits per heavy atom. The summed E-state index contributed by atoms with van der Waals surface area (Å²) in [5.74, 6) is 0. The molecule has 0 saturated heterocycles. The van der Waals surface area contributed by atoms with Gasteiger partial charge in [-0.2, -0.15) is 0 Å². The zero-order chi connectivity index (χ0) is 22.7. The van der Waals surface area contributed by atoms with Crippen molar-refractivity contribution >= 4 is 10.1 Å². The molecule has 0 radical (unpaired) electrons. The van der Waals surface area contributed by atoms with Gasteiger partial charge in [-0.1, -0.05) is 102 Å². The number of hydrogen-bond acceptors (Lipinski definition) is 3. The maximum Gasteiger partial charge on any atom is 0.124 e. The van der Waals surface area contributed by atoms with Crippen LogP contribution in [0, 0.1) is 0 Å². The smallest absolute Gasteiger partial charge is 0.124 e. The summed E-state index contributed by atoms with van der Waals surface area (Å²) in [6.07, 6.45) is 20.4. The molecule has 0 fully saturated rings. The van der Waals surface area contributed by atoms with Crippen LogP contribution in [0.5, 0.6) is 0 Å². The highest BCUT2D eigenvalue weighted by atomic mass is 32.2. The number of rotatable bonds is 16. The lowest BCUT2D eigenvalue weighted by atomic mass is 10.0. The topological polar surface area (TPSA) is 57.2 Å². The van der Waals surface area contributed by atoms with Gasteiger partial charge in [-0.15, -0.1) is 0 Å². The van der Waals surface area contributed by atoms with Gasteiger partial charge in [0, 0.05) is 0 Å². The molecule has 1 aromatic rings. The average Bonchev–Trinajstić information content (AvgIpc) is 2.68. The Bertz CT molecular complexity index is 595. The average molecular weight is 442 g/mol. The van der Waals surface area contributed by atoms with Crippen LogP contribution in [-0.2, 0) is 10.1 Å². The van der Waals surface area contributed by atoms with Crippen LogP contribution < -0.4 is 0 Å². The highest BCUT2D eigenvalue weighted by molar-refractivity contribution is 7.85. The first kappa shape index (κ1) is 29.1. The standard InChI is InChI=1S/C19H42N.C6H6O3S/c1-5-6-7-8-9-10-11-12-13-14-15-16-17-18-19-20(2,3)4;7-10(8,9)6-4-2-1-3-5-6/h5-19H2,1-4H3;1-5H,(H,7,8,9)/q+1;/p-1. The third-order valence-electron chi connectivity index (χ3n) is 5.21. The van der Waals surface area contributed by atoms with Crippen molar-refractivity contribution in [3.05, 3.63) is 30.3 Å². The van der Waals surface area contributed by atoms with Crippen molar-refractivity contribution in [2.45, 2.75) is 102 Å². The van der Waals surface area contributed by atoms with Gasteiger partial charge in [-0.3, -0.25) is 0 Å². The van der Waals surface area contributed by atoms with Gasteiger partial charge in [0.15, 0.2) is 0 Å². The molecule has 0 atom stereocenters. The molecule has 0 aliphatic carbocycles. The Labute approximate surface area is 187 Å². The molecule has 0 aliphatic heterocycles. The molecular weight excluding hydrogens is 394 g/mol. The van der Waals surface area contributed by atoms with E-state index in [9.17, 15) is 13.0 Å². The van der Waals surface area contributed by atoms with Crippen LogP contribution in [0.2, 0.25) is 0 Å². The second-order valence-electron chi connectivity index (χ2n) is 9.38. The molecule has 1 aromatic carbocycles. The molecule has 1 rings (SSSR count). The molecule has 0 saturated carbocycles. The van der Waals surface area contributed by atoms with E-state index in [-0.39, 0.29) is 4.90 Å². The summed E-state index contributed by atoms with van der Waals surface area (Å²) < 4.78 is 32.0. The minimum absolute atomic E-state index is 0.185. The van der Waals surface area contributed by atoms with Crippen molar-refractivity contribution in [3.8, 4) is 0 Å². The number of benzene rings is 1. The van der Waals surface area contributed by atoms with E-state index in [0.29, 0.717) is 0 Å². The SMILES string of the molecule is CCCCCCCCCCCCCCCC[N+](C)(C)C.O=S(=O)([O-])c1ccccc1. The van der Waals surface area contributed by atoms with Crippen molar-refractivity contribution in [1.82, 2.24) is 0 Å². The van der Waals surface area contributed by atoms with E-state index in [1.165, 1.54) is 121 Å². The highest BCUT2D eigenvalue weighted by Gasteiger charge is 2.04. The lowest BCUT2D eigenvalue weighted by molar-refractivity contribution is -0.870. The van der Waals surface area contributed by atoms with E-state index in [0.717, 1.165) is 4.48 Å². The van der Waals surface area contributed by atoms with Crippen LogP contribution in [0.25, 0.3) is 0 Å². The van der Waals surface area contributed by atoms with Crippen LogP contribution in [0.15, 0.2) is 35.2 Å². The molecule has 0 aromatic heterocycles. The lowest BCUT2D eigenvalue weighted by Crippen LogP contribution is -2.35. The van der Waals surface area contributed by atoms with E-state index in [2.05, 4.69) is 28.1 Å². The van der Waals surface area contributed by atoms with E-state index in [1.807, 2.05) is 0 Å². The summed E-state index contributed by atoms with van der Waals surface area (Å²) in [7, 11) is 2.63. The maximum absolute atomic E-state index is 10.3. The van der Waals surface area contributed by atoms with E-state index >= 15 is 0 Å². The minimum atomic E-state index is -4.25. The number of nitrogens with zero attached hydrogens (tertiary/aromatic N) is 1. The quantitative estimate of drug-likeness (QED) is 0.162. The molecule has 30 heavy (non-hydrogen) atoms. The van der Waals surface area contributed by atoms with Gasteiger partial charge in [0.2, 0.25) is 0 Å². The first-order valence-electron chi connectivity index (χ1n) is 12.0. The molecule has 0 unspecified atom stereocenters. The fourth-order valence-corrected chi connectivity index (χ4v) is 3.86. The fraction of sp³-hybridized carbons (Fsp3) is 0.760. The molecule has 0 N–H and O–H groups in total. The van der Waals surface area contributed by atoms with Crippen molar-refractivity contribution in [3.63, 3.8) is 0 Å². The number of quaternary nitrogens is 1. The second-order valence-corrected chi connectivity index (χ2v) is 10.8. The fourth-order valence-electron chi connectivity index (χ4n) is 3.37. The van der Waals surface area contributed by atoms with E-state index in [1.54, 1.807) is 6.07 Å². The Hall–Kier alpha value is -0.910. The minimum Gasteiger partial charge on any atom is -0.744 e. The van der Waals surface area contributed by atoms with E-state index in [4.69, 9.17) is 0 Å². The largest absolute Gasteiger partial charge is 0.744 e. The first-order valence-corrected chi connectivity index (χ1v) is 13.4. The Kier molecular flexibility index (Phi) is 17.2. The molecule has 0 bridgehead atoms. The highest BCUT2D eigenvalue weighted by Crippen LogP contribution is 2.13. The van der Waals surface area contributed by atoms with Gasteiger partial charge >= 0.3 is 0 Å². The van der Waals surface area contributed by atoms with Crippen molar-refractivity contribution in [2.24, 2.45) is 0 Å². The van der Waals surface area contributed by atoms with E-state index < -0.39 is 10.1 Å². The van der Waals surface area contributed by atoms with Gasteiger partial charge in [0.05, 0.1) is 32.6 Å². The Morgan fingerprint density at radius 3 is 1.33 bits per heavy atom. The third kappa shape index (κ3) is 20.4. The molecule has 5 heteroatoms. The molecule has 0 aliphatic rings. The molecule has 0 spiro atoms. The van der Waals surface area contributed by atoms with Crippen LogP contribution in [-0.4, -0.2) is 45.1 Å². The molecular formula is C25H47NO3S. The summed E-state index contributed by atoms with van der Waals surface area (Å²) in [5.41, 5.74) is 0. The zero-order valence-electron chi connectivity index (χ0n) is 20.1. The predicted molar refractivity (Wildman–Crippen MR) is 128 cm³/mol. The summed E-state index contributed by atoms with van der Waals surface area (Å²) in [4.78, 5) is -0.185. The predicted octanol–water partition coefficient (Wildman–Crippen LogP) is 6.76. The first-order chi connectivity index (χ1) is 14.2. The molecule has 0 amide bonds. The van der Waals surface area contributed by atoms with Gasteiger partial charge in [-0.05, 0) is 25.0 Å². The summed E-state index contributed by atoms with van der Waals surface area (Å²) >= 11 is 0. The van der Waals surface area contributed by atoms with Gasteiger partial charge in [0.1, 0.15) is 10.1 Å². The Morgan fingerprint density at radius 2 is 1.03 bits per heavy atom. The van der Waals surface area contributed by atoms with Crippen molar-refractivity contribution in [1.29, 1.82) is 0 Å². The van der Waals surface area contributed by atoms with Crippen LogP contribution in [0.4, 0.5) is 0 Å². The molecule has 0 heterocycles. The van der Waals surface area contributed by atoms with Gasteiger partial charge < -0.3 is 9.04 Å². The third-order valence-corrected chi connectivity index (χ3v) is 6.06. The van der Waals surface area contributed by atoms with Crippen LogP contribution in [0.3, 0.4) is 0 Å². The maximum atomic E-state index is 10.3.